The van der Waals surface area contributed by atoms with E-state index in [-0.39, 0.29) is 5.41 Å². The minimum atomic E-state index is -0.183. The molecule has 2 heterocycles. The van der Waals surface area contributed by atoms with E-state index in [1.165, 1.54) is 130 Å². The van der Waals surface area contributed by atoms with Gasteiger partial charge in [-0.1, -0.05) is 207 Å². The third-order valence-corrected chi connectivity index (χ3v) is 15.5. The van der Waals surface area contributed by atoms with Gasteiger partial charge in [0.2, 0.25) is 0 Å². The lowest BCUT2D eigenvalue weighted by molar-refractivity contribution is 0.353. The maximum Gasteiger partial charge on any atom is 0.0624 e. The molecule has 2 nitrogen and oxygen atoms in total. The van der Waals surface area contributed by atoms with Crippen LogP contribution in [0.5, 0.6) is 0 Å². The summed E-state index contributed by atoms with van der Waals surface area (Å²) in [4.78, 5) is 2.70. The fourth-order valence-electron chi connectivity index (χ4n) is 12.7. The molecule has 3 aliphatic rings. The second-order valence-corrected chi connectivity index (χ2v) is 19.1. The van der Waals surface area contributed by atoms with E-state index in [4.69, 9.17) is 0 Å². The van der Waals surface area contributed by atoms with E-state index in [2.05, 4.69) is 240 Å². The Morgan fingerprint density at radius 1 is 0.368 bits per heavy atom. The zero-order chi connectivity index (χ0) is 44.8. The van der Waals surface area contributed by atoms with Gasteiger partial charge in [0.15, 0.2) is 0 Å². The molecule has 14 rings (SSSR count). The number of rotatable bonds is 7. The normalized spacial score (nSPS) is 14.0. The first-order valence-electron chi connectivity index (χ1n) is 24.4. The molecule has 322 valence electrons. The van der Waals surface area contributed by atoms with Crippen LogP contribution in [0.4, 0.5) is 17.1 Å². The van der Waals surface area contributed by atoms with Gasteiger partial charge in [-0.15, -0.1) is 0 Å². The zero-order valence-electron chi connectivity index (χ0n) is 37.9. The molecular weight excluding hydrogens is 821 g/mol. The van der Waals surface area contributed by atoms with E-state index in [1.807, 2.05) is 0 Å². The molecule has 1 aromatic heterocycles. The smallest absolute Gasteiger partial charge is 0.0624 e. The minimum Gasteiger partial charge on any atom is -0.309 e. The molecule has 1 saturated carbocycles. The SMILES string of the molecule is c1ccc(-c2cc(-c3ccccc3)cc(N(c3cccc(-c4ccccc4)c3-c3ccccc3)c3cc4c5ccccc5n5c4c4c3C3(CCCCC3)c3cccc(c3-4)-c3ccccc3-5)c2)cc1. The highest BCUT2D eigenvalue weighted by atomic mass is 15.2. The van der Waals surface area contributed by atoms with Crippen LogP contribution in [0.15, 0.2) is 231 Å². The number of anilines is 3. The molecule has 10 aromatic carbocycles. The lowest BCUT2D eigenvalue weighted by Gasteiger charge is -2.40. The number of nitrogens with zero attached hydrogens (tertiary/aromatic N) is 2. The van der Waals surface area contributed by atoms with Gasteiger partial charge in [-0.3, -0.25) is 0 Å². The maximum atomic E-state index is 2.70. The average Bonchev–Trinajstić information content (AvgIpc) is 3.84. The van der Waals surface area contributed by atoms with E-state index in [9.17, 15) is 0 Å². The van der Waals surface area contributed by atoms with Crippen LogP contribution in [-0.2, 0) is 5.41 Å². The number of para-hydroxylation sites is 2. The van der Waals surface area contributed by atoms with Crippen LogP contribution in [0.25, 0.3) is 94.3 Å². The number of hydrogen-bond acceptors (Lipinski definition) is 1. The van der Waals surface area contributed by atoms with Crippen molar-refractivity contribution in [3.8, 4) is 72.4 Å². The highest BCUT2D eigenvalue weighted by Gasteiger charge is 2.49. The first-order valence-corrected chi connectivity index (χ1v) is 24.4. The average molecular weight is 869 g/mol. The van der Waals surface area contributed by atoms with E-state index in [0.717, 1.165) is 24.2 Å². The summed E-state index contributed by atoms with van der Waals surface area (Å²) in [5.74, 6) is 0. The Kier molecular flexibility index (Phi) is 8.86. The van der Waals surface area contributed by atoms with Crippen LogP contribution >= 0.6 is 0 Å². The van der Waals surface area contributed by atoms with Crippen LogP contribution in [0.3, 0.4) is 0 Å². The number of hydrogen-bond donors (Lipinski definition) is 0. The van der Waals surface area contributed by atoms with Gasteiger partial charge in [-0.2, -0.15) is 0 Å². The predicted octanol–water partition coefficient (Wildman–Crippen LogP) is 18.1. The summed E-state index contributed by atoms with van der Waals surface area (Å²) in [7, 11) is 0. The Hall–Kier alpha value is -8.20. The molecule has 0 bridgehead atoms. The molecule has 2 aliphatic carbocycles. The van der Waals surface area contributed by atoms with Gasteiger partial charge >= 0.3 is 0 Å². The van der Waals surface area contributed by atoms with Gasteiger partial charge in [0.05, 0.1) is 28.1 Å². The van der Waals surface area contributed by atoms with E-state index < -0.39 is 0 Å². The van der Waals surface area contributed by atoms with E-state index in [0.29, 0.717) is 0 Å². The van der Waals surface area contributed by atoms with E-state index >= 15 is 0 Å². The molecule has 0 atom stereocenters. The van der Waals surface area contributed by atoms with Crippen molar-refractivity contribution in [1.29, 1.82) is 0 Å². The molecule has 2 heteroatoms. The molecule has 0 N–H and O–H groups in total. The largest absolute Gasteiger partial charge is 0.309 e. The lowest BCUT2D eigenvalue weighted by Crippen LogP contribution is -2.30. The molecule has 11 aromatic rings. The van der Waals surface area contributed by atoms with Crippen molar-refractivity contribution in [2.24, 2.45) is 0 Å². The highest BCUT2D eigenvalue weighted by molar-refractivity contribution is 6.21. The Bertz CT molecular complexity index is 3690. The summed E-state index contributed by atoms with van der Waals surface area (Å²) < 4.78 is 2.62. The number of benzene rings is 10. The van der Waals surface area contributed by atoms with Crippen LogP contribution in [0.1, 0.15) is 43.2 Å². The van der Waals surface area contributed by atoms with Crippen LogP contribution < -0.4 is 4.90 Å². The fraction of sp³-hybridized carbons (Fsp3) is 0.0909. The molecule has 0 saturated heterocycles. The summed E-state index contributed by atoms with van der Waals surface area (Å²) in [5, 5.41) is 2.56. The predicted molar refractivity (Wildman–Crippen MR) is 286 cm³/mol. The molecule has 0 radical (unpaired) electrons. The summed E-state index contributed by atoms with van der Waals surface area (Å²) >= 11 is 0. The van der Waals surface area contributed by atoms with Crippen molar-refractivity contribution in [3.05, 3.63) is 242 Å². The second-order valence-electron chi connectivity index (χ2n) is 19.1. The zero-order valence-corrected chi connectivity index (χ0v) is 37.9. The van der Waals surface area contributed by atoms with Gasteiger partial charge in [-0.25, -0.2) is 0 Å². The topological polar surface area (TPSA) is 8.17 Å². The van der Waals surface area contributed by atoms with Gasteiger partial charge in [0, 0.05) is 38.6 Å². The van der Waals surface area contributed by atoms with Crippen molar-refractivity contribution in [2.75, 3.05) is 4.90 Å². The van der Waals surface area contributed by atoms with E-state index in [1.54, 1.807) is 0 Å². The Morgan fingerprint density at radius 2 is 0.941 bits per heavy atom. The summed E-state index contributed by atoms with van der Waals surface area (Å²) in [6.07, 6.45) is 5.87. The number of aromatic nitrogens is 1. The van der Waals surface area contributed by atoms with Crippen molar-refractivity contribution >= 4 is 38.9 Å². The molecule has 1 fully saturated rings. The Morgan fingerprint density at radius 3 is 1.65 bits per heavy atom. The van der Waals surface area contributed by atoms with Crippen molar-refractivity contribution in [1.82, 2.24) is 4.57 Å². The van der Waals surface area contributed by atoms with Gasteiger partial charge in [0.1, 0.15) is 0 Å². The third-order valence-electron chi connectivity index (χ3n) is 15.5. The molecule has 0 unspecified atom stereocenters. The minimum absolute atomic E-state index is 0.183. The first kappa shape index (κ1) is 39.0. The van der Waals surface area contributed by atoms with Crippen LogP contribution in [0, 0.1) is 0 Å². The monoisotopic (exact) mass is 868 g/mol. The molecule has 68 heavy (non-hydrogen) atoms. The van der Waals surface area contributed by atoms with Crippen molar-refractivity contribution in [3.63, 3.8) is 0 Å². The summed E-state index contributed by atoms with van der Waals surface area (Å²) in [6, 6.07) is 86.5. The molecule has 0 amide bonds. The van der Waals surface area contributed by atoms with Gasteiger partial charge in [0.25, 0.3) is 0 Å². The van der Waals surface area contributed by atoms with Gasteiger partial charge in [-0.05, 0) is 117 Å². The molecule has 1 aliphatic heterocycles. The summed E-state index contributed by atoms with van der Waals surface area (Å²) in [5.41, 5.74) is 25.2. The Labute approximate surface area is 398 Å². The Balaban J connectivity index is 1.20. The molecule has 1 spiro atoms. The van der Waals surface area contributed by atoms with Gasteiger partial charge < -0.3 is 9.47 Å². The van der Waals surface area contributed by atoms with Crippen LogP contribution in [-0.4, -0.2) is 4.57 Å². The summed E-state index contributed by atoms with van der Waals surface area (Å²) in [6.45, 7) is 0. The highest BCUT2D eigenvalue weighted by Crippen LogP contribution is 2.65. The van der Waals surface area contributed by atoms with Crippen LogP contribution in [0.2, 0.25) is 0 Å². The quantitative estimate of drug-likeness (QED) is 0.155. The fourth-order valence-corrected chi connectivity index (χ4v) is 12.7. The second kappa shape index (κ2) is 15.4. The third kappa shape index (κ3) is 5.77. The molecular formula is C66H48N2. The van der Waals surface area contributed by atoms with Crippen molar-refractivity contribution in [2.45, 2.75) is 37.5 Å². The standard InChI is InChI=1S/C66H48N2/c1-6-22-44(23-7-1)48-40-49(45-24-8-2-9-25-45)42-50(41-48)67(59-37-21-32-51(46-26-10-3-11-27-46)61(59)47-28-12-4-13-29-47)60-43-55-53-31-15-17-36-58(53)68-57-35-16-14-30-52(57)54-33-20-34-56-62(54)63(65(55)68)64(60)66(56)38-18-5-19-39-66/h1-4,6-17,20-37,40-43H,5,18-19,38-39H2. The number of fused-ring (bicyclic) bond motifs is 8. The first-order chi connectivity index (χ1) is 33.7. The maximum absolute atomic E-state index is 2.70. The van der Waals surface area contributed by atoms with Crippen molar-refractivity contribution < 1.29 is 0 Å². The lowest BCUT2D eigenvalue weighted by atomic mass is 9.67.